The van der Waals surface area contributed by atoms with E-state index < -0.39 is 10.2 Å². The van der Waals surface area contributed by atoms with Gasteiger partial charge in [0.15, 0.2) is 0 Å². The van der Waals surface area contributed by atoms with Crippen molar-refractivity contribution in [2.24, 2.45) is 0 Å². The van der Waals surface area contributed by atoms with Crippen LogP contribution in [0.5, 0.6) is 0 Å². The van der Waals surface area contributed by atoms with Gasteiger partial charge in [-0.15, -0.1) is 0 Å². The molecule has 0 bridgehead atoms. The largest absolute Gasteiger partial charge is 0.368 e. The molecule has 0 atom stereocenters. The first-order valence-electron chi connectivity index (χ1n) is 3.40. The monoisotopic (exact) mass is 180 g/mol. The fourth-order valence-electron chi connectivity index (χ4n) is 0.752. The Morgan fingerprint density at radius 3 is 2.55 bits per heavy atom. The van der Waals surface area contributed by atoms with E-state index in [1.54, 1.807) is 0 Å². The van der Waals surface area contributed by atoms with Gasteiger partial charge in [-0.2, -0.15) is 17.4 Å². The van der Waals surface area contributed by atoms with Crippen molar-refractivity contribution in [2.45, 2.75) is 6.42 Å². The summed E-state index contributed by atoms with van der Waals surface area (Å²) < 4.78 is 30.5. The Balaban J connectivity index is 2.39. The van der Waals surface area contributed by atoms with Crippen molar-refractivity contribution in [2.75, 3.05) is 26.9 Å². The summed E-state index contributed by atoms with van der Waals surface area (Å²) in [4.78, 5) is 0. The van der Waals surface area contributed by atoms with Crippen molar-refractivity contribution in [3.05, 3.63) is 0 Å². The second kappa shape index (κ2) is 3.48. The van der Waals surface area contributed by atoms with Crippen molar-refractivity contribution in [3.8, 4) is 0 Å². The highest BCUT2D eigenvalue weighted by atomic mass is 32.2. The lowest BCUT2D eigenvalue weighted by Crippen LogP contribution is -2.48. The van der Waals surface area contributed by atoms with E-state index in [-0.39, 0.29) is 6.73 Å². The second-order valence-electron chi connectivity index (χ2n) is 2.33. The van der Waals surface area contributed by atoms with Crippen LogP contribution in [0, 0.1) is 0 Å². The van der Waals surface area contributed by atoms with E-state index in [4.69, 9.17) is 0 Å². The molecule has 6 heteroatoms. The summed E-state index contributed by atoms with van der Waals surface area (Å²) in [5.74, 6) is 0. The molecule has 0 saturated carbocycles. The molecule has 1 N–H and O–H groups in total. The molecule has 1 saturated heterocycles. The van der Waals surface area contributed by atoms with E-state index in [0.717, 1.165) is 6.42 Å². The van der Waals surface area contributed by atoms with E-state index in [0.29, 0.717) is 13.1 Å². The summed E-state index contributed by atoms with van der Waals surface area (Å²) in [7, 11) is -1.78. The number of hydrogen-bond donors (Lipinski definition) is 1. The average molecular weight is 180 g/mol. The Kier molecular flexibility index (Phi) is 2.83. The highest BCUT2D eigenvalue weighted by Gasteiger charge is 2.26. The smallest absolute Gasteiger partial charge is 0.281 e. The molecule has 5 nitrogen and oxygen atoms in total. The molecular formula is C5H12N2O3S. The molecule has 1 fully saturated rings. The van der Waals surface area contributed by atoms with Crippen LogP contribution in [-0.4, -0.2) is 39.7 Å². The first kappa shape index (κ1) is 8.92. The molecule has 1 aliphatic heterocycles. The minimum atomic E-state index is -3.23. The van der Waals surface area contributed by atoms with Crippen LogP contribution in [0.3, 0.4) is 0 Å². The van der Waals surface area contributed by atoms with Gasteiger partial charge >= 0.3 is 0 Å². The molecule has 0 unspecified atom stereocenters. The van der Waals surface area contributed by atoms with Gasteiger partial charge in [0.2, 0.25) is 0 Å². The minimum Gasteiger partial charge on any atom is -0.368 e. The van der Waals surface area contributed by atoms with Crippen LogP contribution in [-0.2, 0) is 14.9 Å². The maximum atomic E-state index is 11.1. The molecule has 0 aromatic rings. The number of ether oxygens (including phenoxy) is 1. The molecule has 0 amide bonds. The highest BCUT2D eigenvalue weighted by molar-refractivity contribution is 7.87. The summed E-state index contributed by atoms with van der Waals surface area (Å²) in [6.45, 7) is 1.29. The molecule has 1 heterocycles. The summed E-state index contributed by atoms with van der Waals surface area (Å²) in [6.07, 6.45) is 0.952. The zero-order valence-corrected chi connectivity index (χ0v) is 7.23. The van der Waals surface area contributed by atoms with Crippen LogP contribution in [0.4, 0.5) is 0 Å². The number of nitrogens with one attached hydrogen (secondary N) is 1. The molecule has 0 radical (unpaired) electrons. The Bertz CT molecular complexity index is 210. The van der Waals surface area contributed by atoms with Crippen LogP contribution in [0.1, 0.15) is 6.42 Å². The van der Waals surface area contributed by atoms with Gasteiger partial charge in [-0.05, 0) is 6.42 Å². The number of rotatable bonds is 4. The molecule has 0 aliphatic carbocycles. The van der Waals surface area contributed by atoms with Gasteiger partial charge in [-0.3, -0.25) is 0 Å². The van der Waals surface area contributed by atoms with Crippen molar-refractivity contribution in [1.82, 2.24) is 9.03 Å². The lowest BCUT2D eigenvalue weighted by molar-refractivity contribution is 0.189. The molecule has 1 rings (SSSR count). The molecule has 11 heavy (non-hydrogen) atoms. The average Bonchev–Trinajstić information content (AvgIpc) is 1.78. The van der Waals surface area contributed by atoms with Crippen LogP contribution in [0.2, 0.25) is 0 Å². The van der Waals surface area contributed by atoms with Crippen molar-refractivity contribution in [1.29, 1.82) is 0 Å². The fourth-order valence-corrected chi connectivity index (χ4v) is 1.94. The maximum Gasteiger partial charge on any atom is 0.281 e. The summed E-state index contributed by atoms with van der Waals surface area (Å²) in [5.41, 5.74) is 0. The van der Waals surface area contributed by atoms with Crippen molar-refractivity contribution < 1.29 is 13.2 Å². The van der Waals surface area contributed by atoms with E-state index in [2.05, 4.69) is 9.46 Å². The molecule has 0 aromatic heterocycles. The van der Waals surface area contributed by atoms with Crippen molar-refractivity contribution >= 4 is 10.2 Å². The van der Waals surface area contributed by atoms with Crippen LogP contribution in [0.15, 0.2) is 0 Å². The SMILES string of the molecule is COCNS(=O)(=O)N1CCC1. The van der Waals surface area contributed by atoms with Gasteiger partial charge in [0.05, 0.1) is 0 Å². The Morgan fingerprint density at radius 1 is 1.55 bits per heavy atom. The van der Waals surface area contributed by atoms with E-state index >= 15 is 0 Å². The Labute approximate surface area is 66.5 Å². The maximum absolute atomic E-state index is 11.1. The normalized spacial score (nSPS) is 19.7. The summed E-state index contributed by atoms with van der Waals surface area (Å²) in [5, 5.41) is 0. The predicted molar refractivity (Wildman–Crippen MR) is 40.1 cm³/mol. The van der Waals surface area contributed by atoms with E-state index in [9.17, 15) is 8.42 Å². The van der Waals surface area contributed by atoms with Crippen LogP contribution in [0.25, 0.3) is 0 Å². The molecule has 0 spiro atoms. The Hall–Kier alpha value is -0.170. The van der Waals surface area contributed by atoms with Gasteiger partial charge in [0.1, 0.15) is 6.73 Å². The standard InChI is InChI=1S/C5H12N2O3S/c1-10-5-6-11(8,9)7-3-2-4-7/h6H,2-5H2,1H3. The molecule has 66 valence electrons. The zero-order chi connectivity index (χ0) is 8.32. The minimum absolute atomic E-state index is 0.0405. The number of nitrogens with zero attached hydrogens (tertiary/aromatic N) is 1. The predicted octanol–water partition coefficient (Wildman–Crippen LogP) is -0.870. The fraction of sp³-hybridized carbons (Fsp3) is 1.00. The lowest BCUT2D eigenvalue weighted by atomic mass is 10.3. The lowest BCUT2D eigenvalue weighted by Gasteiger charge is -2.29. The van der Waals surface area contributed by atoms with Gasteiger partial charge in [-0.1, -0.05) is 0 Å². The molecular weight excluding hydrogens is 168 g/mol. The summed E-state index contributed by atoms with van der Waals surface area (Å²) in [6, 6.07) is 0. The van der Waals surface area contributed by atoms with Crippen LogP contribution < -0.4 is 4.72 Å². The second-order valence-corrected chi connectivity index (χ2v) is 4.09. The van der Waals surface area contributed by atoms with E-state index in [1.807, 2.05) is 0 Å². The van der Waals surface area contributed by atoms with Gasteiger partial charge in [0, 0.05) is 20.2 Å². The van der Waals surface area contributed by atoms with Gasteiger partial charge < -0.3 is 4.74 Å². The number of methoxy groups -OCH3 is 1. The third-order valence-electron chi connectivity index (χ3n) is 1.54. The highest BCUT2D eigenvalue weighted by Crippen LogP contribution is 2.09. The Morgan fingerprint density at radius 2 is 2.18 bits per heavy atom. The first-order chi connectivity index (χ1) is 5.17. The molecule has 1 aliphatic rings. The first-order valence-corrected chi connectivity index (χ1v) is 4.84. The summed E-state index contributed by atoms with van der Waals surface area (Å²) >= 11 is 0. The third kappa shape index (κ3) is 2.13. The van der Waals surface area contributed by atoms with E-state index in [1.165, 1.54) is 11.4 Å². The van der Waals surface area contributed by atoms with Gasteiger partial charge in [0.25, 0.3) is 10.2 Å². The third-order valence-corrected chi connectivity index (χ3v) is 3.07. The topological polar surface area (TPSA) is 58.6 Å². The quantitative estimate of drug-likeness (QED) is 0.572. The molecule has 0 aromatic carbocycles. The number of hydrogen-bond acceptors (Lipinski definition) is 3. The van der Waals surface area contributed by atoms with Crippen molar-refractivity contribution in [3.63, 3.8) is 0 Å². The van der Waals surface area contributed by atoms with Gasteiger partial charge in [-0.25, -0.2) is 0 Å². The zero-order valence-electron chi connectivity index (χ0n) is 6.41. The van der Waals surface area contributed by atoms with Crippen LogP contribution >= 0.6 is 0 Å².